The van der Waals surface area contributed by atoms with Crippen LogP contribution in [0.1, 0.15) is 38.1 Å². The van der Waals surface area contributed by atoms with Gasteiger partial charge in [0.2, 0.25) is 0 Å². The molecule has 1 aliphatic rings. The van der Waals surface area contributed by atoms with Gasteiger partial charge in [0.1, 0.15) is 12.4 Å². The molecule has 2 atom stereocenters. The second kappa shape index (κ2) is 9.90. The van der Waals surface area contributed by atoms with E-state index in [2.05, 4.69) is 37.5 Å². The lowest BCUT2D eigenvalue weighted by atomic mass is 10.2. The molecule has 1 aliphatic heterocycles. The maximum atomic E-state index is 10.9. The summed E-state index contributed by atoms with van der Waals surface area (Å²) in [5.41, 5.74) is 0.273. The van der Waals surface area contributed by atoms with Crippen LogP contribution in [-0.4, -0.2) is 78.5 Å². The number of hydrogen-bond acceptors (Lipinski definition) is 5. The summed E-state index contributed by atoms with van der Waals surface area (Å²) >= 11 is 0. The summed E-state index contributed by atoms with van der Waals surface area (Å²) in [6.45, 7) is 14.1. The van der Waals surface area contributed by atoms with E-state index < -0.39 is 5.97 Å². The van der Waals surface area contributed by atoms with Crippen molar-refractivity contribution in [1.29, 1.82) is 0 Å². The Bertz CT molecular complexity index is 551. The van der Waals surface area contributed by atoms with Gasteiger partial charge in [-0.15, -0.1) is 0 Å². The van der Waals surface area contributed by atoms with Crippen LogP contribution in [-0.2, 0) is 4.74 Å². The highest BCUT2D eigenvalue weighted by molar-refractivity contribution is 5.87. The molecule has 0 amide bonds. The zero-order chi connectivity index (χ0) is 19.1. The first-order chi connectivity index (χ1) is 12.3. The number of rotatable bonds is 9. The minimum absolute atomic E-state index is 0.273. The van der Waals surface area contributed by atoms with Gasteiger partial charge in [0.15, 0.2) is 0 Å². The minimum atomic E-state index is -0.922. The predicted molar refractivity (Wildman–Crippen MR) is 102 cm³/mol. The number of nitrogens with zero attached hydrogens (tertiary/aromatic N) is 2. The lowest BCUT2D eigenvalue weighted by Crippen LogP contribution is -2.49. The summed E-state index contributed by atoms with van der Waals surface area (Å²) in [6.07, 6.45) is 0.590. The fourth-order valence-electron chi connectivity index (χ4n) is 3.34. The van der Waals surface area contributed by atoms with Crippen molar-refractivity contribution in [2.75, 3.05) is 39.3 Å². The van der Waals surface area contributed by atoms with Crippen molar-refractivity contribution in [2.45, 2.75) is 45.9 Å². The first kappa shape index (κ1) is 20.7. The Hall–Kier alpha value is -1.63. The van der Waals surface area contributed by atoms with Crippen molar-refractivity contribution < 1.29 is 19.4 Å². The molecular weight excluding hydrogens is 332 g/mol. The molecule has 1 N–H and O–H groups in total. The zero-order valence-electron chi connectivity index (χ0n) is 16.4. The lowest BCUT2D eigenvalue weighted by Gasteiger charge is -2.37. The van der Waals surface area contributed by atoms with Gasteiger partial charge >= 0.3 is 5.97 Å². The van der Waals surface area contributed by atoms with E-state index in [-0.39, 0.29) is 5.56 Å². The Kier molecular flexibility index (Phi) is 7.87. The van der Waals surface area contributed by atoms with Gasteiger partial charge in [0, 0.05) is 38.8 Å². The Morgan fingerprint density at radius 3 is 2.38 bits per heavy atom. The van der Waals surface area contributed by atoms with Crippen LogP contribution in [0.2, 0.25) is 0 Å². The van der Waals surface area contributed by atoms with E-state index in [9.17, 15) is 4.79 Å². The molecule has 0 bridgehead atoms. The summed E-state index contributed by atoms with van der Waals surface area (Å²) in [7, 11) is 0. The van der Waals surface area contributed by atoms with Gasteiger partial charge in [-0.3, -0.25) is 9.80 Å². The molecule has 0 unspecified atom stereocenters. The molecule has 1 saturated heterocycles. The van der Waals surface area contributed by atoms with E-state index in [1.54, 1.807) is 24.3 Å². The van der Waals surface area contributed by atoms with Crippen LogP contribution in [0.4, 0.5) is 0 Å². The van der Waals surface area contributed by atoms with Crippen molar-refractivity contribution in [2.24, 2.45) is 0 Å². The summed E-state index contributed by atoms with van der Waals surface area (Å²) in [4.78, 5) is 15.8. The van der Waals surface area contributed by atoms with Crippen LogP contribution in [0.5, 0.6) is 5.75 Å². The second-order valence-electron chi connectivity index (χ2n) is 7.32. The molecule has 1 aromatic carbocycles. The highest BCUT2D eigenvalue weighted by Gasteiger charge is 2.22. The summed E-state index contributed by atoms with van der Waals surface area (Å²) in [6, 6.07) is 7.00. The van der Waals surface area contributed by atoms with Crippen molar-refractivity contribution in [3.05, 3.63) is 29.8 Å². The van der Waals surface area contributed by atoms with Crippen LogP contribution in [0.25, 0.3) is 0 Å². The normalized spacial score (nSPS) is 21.3. The summed E-state index contributed by atoms with van der Waals surface area (Å²) in [5, 5.41) is 8.93. The number of hydrogen-bond donors (Lipinski definition) is 1. The van der Waals surface area contributed by atoms with Gasteiger partial charge in [-0.1, -0.05) is 0 Å². The van der Waals surface area contributed by atoms with Crippen molar-refractivity contribution in [1.82, 2.24) is 9.80 Å². The first-order valence-electron chi connectivity index (χ1n) is 9.43. The van der Waals surface area contributed by atoms with Gasteiger partial charge in [0.25, 0.3) is 0 Å². The number of aromatic carboxylic acids is 1. The predicted octanol–water partition coefficient (Wildman–Crippen LogP) is 2.58. The van der Waals surface area contributed by atoms with Gasteiger partial charge < -0.3 is 14.6 Å². The molecule has 26 heavy (non-hydrogen) atoms. The SMILES string of the molecule is CC(C)N(CCOc1ccc(C(=O)O)cc1)CCN1C[C@@H](C)O[C@@H](C)C1. The van der Waals surface area contributed by atoms with Crippen LogP contribution in [0.15, 0.2) is 24.3 Å². The van der Waals surface area contributed by atoms with Crippen LogP contribution in [0.3, 0.4) is 0 Å². The molecular formula is C20H32N2O4. The van der Waals surface area contributed by atoms with Crippen molar-refractivity contribution in [3.8, 4) is 5.75 Å². The fourth-order valence-corrected chi connectivity index (χ4v) is 3.34. The minimum Gasteiger partial charge on any atom is -0.492 e. The average molecular weight is 364 g/mol. The molecule has 1 heterocycles. The third kappa shape index (κ3) is 6.59. The molecule has 0 saturated carbocycles. The summed E-state index contributed by atoms with van der Waals surface area (Å²) in [5.74, 6) is -0.219. The molecule has 0 spiro atoms. The maximum absolute atomic E-state index is 10.9. The number of morpholine rings is 1. The second-order valence-corrected chi connectivity index (χ2v) is 7.32. The van der Waals surface area contributed by atoms with E-state index in [0.29, 0.717) is 30.6 Å². The topological polar surface area (TPSA) is 62.2 Å². The molecule has 1 fully saturated rings. The number of ether oxygens (including phenoxy) is 2. The van der Waals surface area contributed by atoms with E-state index in [0.717, 1.165) is 32.7 Å². The molecule has 0 aromatic heterocycles. The Labute approximate surface area is 156 Å². The third-order valence-electron chi connectivity index (χ3n) is 4.68. The molecule has 1 aromatic rings. The fraction of sp³-hybridized carbons (Fsp3) is 0.650. The van der Waals surface area contributed by atoms with Gasteiger partial charge in [-0.05, 0) is 52.0 Å². The number of carboxylic acids is 1. The van der Waals surface area contributed by atoms with Gasteiger partial charge in [-0.25, -0.2) is 4.79 Å². The van der Waals surface area contributed by atoms with Crippen molar-refractivity contribution >= 4 is 5.97 Å². The molecule has 6 heteroatoms. The number of carboxylic acid groups (broad SMARTS) is 1. The lowest BCUT2D eigenvalue weighted by molar-refractivity contribution is -0.0699. The Balaban J connectivity index is 1.76. The van der Waals surface area contributed by atoms with E-state index in [4.69, 9.17) is 14.6 Å². The quantitative estimate of drug-likeness (QED) is 0.727. The third-order valence-corrected chi connectivity index (χ3v) is 4.68. The molecule has 146 valence electrons. The van der Waals surface area contributed by atoms with E-state index >= 15 is 0 Å². The molecule has 6 nitrogen and oxygen atoms in total. The molecule has 0 aliphatic carbocycles. The van der Waals surface area contributed by atoms with Crippen LogP contribution in [0, 0.1) is 0 Å². The van der Waals surface area contributed by atoms with E-state index in [1.807, 2.05) is 0 Å². The zero-order valence-corrected chi connectivity index (χ0v) is 16.4. The number of benzene rings is 1. The first-order valence-corrected chi connectivity index (χ1v) is 9.43. The van der Waals surface area contributed by atoms with Crippen LogP contribution < -0.4 is 4.74 Å². The maximum Gasteiger partial charge on any atom is 0.335 e. The largest absolute Gasteiger partial charge is 0.492 e. The standard InChI is InChI=1S/C20H32N2O4/c1-15(2)22(10-9-21-13-16(3)26-17(4)14-21)11-12-25-19-7-5-18(6-8-19)20(23)24/h5-8,15-17H,9-14H2,1-4H3,(H,23,24)/t16-,17+. The van der Waals surface area contributed by atoms with Crippen molar-refractivity contribution in [3.63, 3.8) is 0 Å². The average Bonchev–Trinajstić information content (AvgIpc) is 2.57. The molecule has 2 rings (SSSR count). The van der Waals surface area contributed by atoms with Crippen LogP contribution >= 0.6 is 0 Å². The Morgan fingerprint density at radius 1 is 1.23 bits per heavy atom. The van der Waals surface area contributed by atoms with Gasteiger partial charge in [-0.2, -0.15) is 0 Å². The Morgan fingerprint density at radius 2 is 1.85 bits per heavy atom. The highest BCUT2D eigenvalue weighted by atomic mass is 16.5. The number of carbonyl (C=O) groups is 1. The monoisotopic (exact) mass is 364 g/mol. The molecule has 0 radical (unpaired) electrons. The smallest absolute Gasteiger partial charge is 0.335 e. The highest BCUT2D eigenvalue weighted by Crippen LogP contribution is 2.13. The van der Waals surface area contributed by atoms with E-state index in [1.165, 1.54) is 0 Å². The van der Waals surface area contributed by atoms with Gasteiger partial charge in [0.05, 0.1) is 17.8 Å². The summed E-state index contributed by atoms with van der Waals surface area (Å²) < 4.78 is 11.6.